The van der Waals surface area contributed by atoms with E-state index in [0.29, 0.717) is 23.1 Å². The summed E-state index contributed by atoms with van der Waals surface area (Å²) in [6, 6.07) is 15.6. The molecule has 0 amide bonds. The van der Waals surface area contributed by atoms with Crippen LogP contribution >= 0.6 is 0 Å². The number of fused-ring (bicyclic) bond motifs is 1. The van der Waals surface area contributed by atoms with Crippen LogP contribution in [0.2, 0.25) is 0 Å². The van der Waals surface area contributed by atoms with E-state index in [9.17, 15) is 9.18 Å². The van der Waals surface area contributed by atoms with Gasteiger partial charge in [-0.3, -0.25) is 19.1 Å². The third kappa shape index (κ3) is 8.34. The SMILES string of the molecule is CN(C)CC(=O)O.Cc1ccc(COc2cc(F)cc(Oc3ccc(-c4nc(C5CCOCC5)n5ccnc(N)c45)cc3)c2)cn1. The van der Waals surface area contributed by atoms with Gasteiger partial charge in [-0.25, -0.2) is 14.4 Å². The molecule has 1 saturated heterocycles. The van der Waals surface area contributed by atoms with Crippen molar-refractivity contribution in [3.63, 3.8) is 0 Å². The monoisotopic (exact) mass is 628 g/mol. The van der Waals surface area contributed by atoms with Gasteiger partial charge in [0.1, 0.15) is 52.5 Å². The maximum absolute atomic E-state index is 14.3. The van der Waals surface area contributed by atoms with Gasteiger partial charge in [0.25, 0.3) is 0 Å². The molecule has 0 unspecified atom stereocenters. The number of benzene rings is 2. The number of nitrogen functional groups attached to an aromatic ring is 1. The van der Waals surface area contributed by atoms with Crippen molar-refractivity contribution < 1.29 is 28.5 Å². The van der Waals surface area contributed by atoms with E-state index < -0.39 is 11.8 Å². The summed E-state index contributed by atoms with van der Waals surface area (Å²) in [5, 5.41) is 8.04. The first-order chi connectivity index (χ1) is 22.2. The predicted octanol–water partition coefficient (Wildman–Crippen LogP) is 5.72. The summed E-state index contributed by atoms with van der Waals surface area (Å²) >= 11 is 0. The zero-order valence-electron chi connectivity index (χ0n) is 26.0. The van der Waals surface area contributed by atoms with E-state index in [0.717, 1.165) is 59.9 Å². The average molecular weight is 629 g/mol. The Morgan fingerprint density at radius 2 is 1.80 bits per heavy atom. The van der Waals surface area contributed by atoms with Crippen LogP contribution in [0, 0.1) is 12.7 Å². The molecular formula is C34H37FN6O5. The third-order valence-corrected chi connectivity index (χ3v) is 7.23. The zero-order valence-corrected chi connectivity index (χ0v) is 26.0. The molecule has 240 valence electrons. The van der Waals surface area contributed by atoms with Gasteiger partial charge in [-0.1, -0.05) is 6.07 Å². The van der Waals surface area contributed by atoms with Gasteiger partial charge in [0.15, 0.2) is 0 Å². The van der Waals surface area contributed by atoms with Gasteiger partial charge in [0.2, 0.25) is 0 Å². The Labute approximate surface area is 266 Å². The molecule has 5 aromatic rings. The number of anilines is 1. The van der Waals surface area contributed by atoms with Crippen LogP contribution in [0.3, 0.4) is 0 Å². The summed E-state index contributed by atoms with van der Waals surface area (Å²) in [4.78, 5) is 24.9. The highest BCUT2D eigenvalue weighted by molar-refractivity contribution is 5.85. The molecule has 0 radical (unpaired) electrons. The molecule has 0 saturated carbocycles. The van der Waals surface area contributed by atoms with Gasteiger partial charge < -0.3 is 25.1 Å². The summed E-state index contributed by atoms with van der Waals surface area (Å²) in [6.07, 6.45) is 7.17. The molecule has 0 aliphatic carbocycles. The Morgan fingerprint density at radius 1 is 1.07 bits per heavy atom. The molecule has 2 aromatic carbocycles. The zero-order chi connectivity index (χ0) is 32.6. The Morgan fingerprint density at radius 3 is 2.46 bits per heavy atom. The van der Waals surface area contributed by atoms with Gasteiger partial charge in [-0.15, -0.1) is 0 Å². The van der Waals surface area contributed by atoms with Crippen LogP contribution in [0.1, 0.15) is 35.8 Å². The fourth-order valence-electron chi connectivity index (χ4n) is 5.05. The van der Waals surface area contributed by atoms with Crippen LogP contribution in [0.5, 0.6) is 17.2 Å². The Hall–Kier alpha value is -5.07. The molecule has 1 aliphatic heterocycles. The van der Waals surface area contributed by atoms with Crippen LogP contribution < -0.4 is 15.2 Å². The number of ether oxygens (including phenoxy) is 3. The molecule has 12 heteroatoms. The van der Waals surface area contributed by atoms with Gasteiger partial charge in [0, 0.05) is 72.7 Å². The summed E-state index contributed by atoms with van der Waals surface area (Å²) in [5.41, 5.74) is 10.5. The highest BCUT2D eigenvalue weighted by atomic mass is 19.1. The fraction of sp³-hybridized carbons (Fsp3) is 0.294. The van der Waals surface area contributed by atoms with Gasteiger partial charge in [-0.2, -0.15) is 0 Å². The molecule has 46 heavy (non-hydrogen) atoms. The fourth-order valence-corrected chi connectivity index (χ4v) is 5.05. The number of nitrogens with two attached hydrogens (primary N) is 1. The number of carbonyl (C=O) groups is 1. The third-order valence-electron chi connectivity index (χ3n) is 7.23. The summed E-state index contributed by atoms with van der Waals surface area (Å²) in [5.74, 6) is 1.70. The molecule has 3 N–H and O–H groups in total. The first-order valence-corrected chi connectivity index (χ1v) is 14.9. The number of likely N-dealkylation sites (N-methyl/N-ethyl adjacent to an activating group) is 1. The van der Waals surface area contributed by atoms with Crippen molar-refractivity contribution >= 4 is 17.3 Å². The standard InChI is InChI=1S/C30H28FN5O3.C4H9NO2/c1-19-2-3-20(17-34-19)18-38-25-14-23(31)15-26(16-25)39-24-6-4-21(5-7-24)27-28-29(32)33-10-11-36(28)30(35-27)22-8-12-37-13-9-22;1-5(2)3-4(6)7/h2-7,10-11,14-17,22H,8-9,12-13,18H2,1H3,(H2,32,33);3H2,1-2H3,(H,6,7). The lowest BCUT2D eigenvalue weighted by molar-refractivity contribution is -0.137. The van der Waals surface area contributed by atoms with Crippen LogP contribution in [0.15, 0.2) is 73.2 Å². The molecule has 0 atom stereocenters. The maximum Gasteiger partial charge on any atom is 0.317 e. The minimum atomic E-state index is -0.787. The number of halogens is 1. The highest BCUT2D eigenvalue weighted by Crippen LogP contribution is 2.35. The number of pyridine rings is 1. The minimum absolute atomic E-state index is 0.111. The Bertz CT molecular complexity index is 1770. The average Bonchev–Trinajstić information content (AvgIpc) is 3.42. The van der Waals surface area contributed by atoms with Gasteiger partial charge >= 0.3 is 5.97 Å². The largest absolute Gasteiger partial charge is 0.489 e. The van der Waals surface area contributed by atoms with E-state index in [4.69, 9.17) is 30.0 Å². The number of carboxylic acid groups (broad SMARTS) is 1. The van der Waals surface area contributed by atoms with E-state index in [1.807, 2.05) is 53.9 Å². The van der Waals surface area contributed by atoms with Crippen molar-refractivity contribution in [2.45, 2.75) is 32.3 Å². The number of rotatable bonds is 9. The highest BCUT2D eigenvalue weighted by Gasteiger charge is 2.24. The lowest BCUT2D eigenvalue weighted by Crippen LogP contribution is -2.20. The number of aryl methyl sites for hydroxylation is 1. The second-order valence-electron chi connectivity index (χ2n) is 11.2. The predicted molar refractivity (Wildman–Crippen MR) is 172 cm³/mol. The smallest absolute Gasteiger partial charge is 0.317 e. The first kappa shape index (κ1) is 32.3. The normalized spacial score (nSPS) is 13.3. The first-order valence-electron chi connectivity index (χ1n) is 14.9. The van der Waals surface area contributed by atoms with E-state index in [1.54, 1.807) is 37.5 Å². The molecule has 3 aromatic heterocycles. The number of aromatic nitrogens is 4. The van der Waals surface area contributed by atoms with Crippen LogP contribution in [-0.2, 0) is 16.1 Å². The van der Waals surface area contributed by atoms with E-state index in [1.165, 1.54) is 12.1 Å². The van der Waals surface area contributed by atoms with Crippen molar-refractivity contribution in [3.8, 4) is 28.5 Å². The second kappa shape index (κ2) is 14.8. The summed E-state index contributed by atoms with van der Waals surface area (Å²) in [7, 11) is 3.43. The molecule has 0 spiro atoms. The lowest BCUT2D eigenvalue weighted by Gasteiger charge is -2.20. The van der Waals surface area contributed by atoms with Gasteiger partial charge in [0.05, 0.1) is 6.54 Å². The van der Waals surface area contributed by atoms with Crippen molar-refractivity contribution in [1.82, 2.24) is 24.3 Å². The summed E-state index contributed by atoms with van der Waals surface area (Å²) in [6.45, 7) is 3.74. The van der Waals surface area contributed by atoms with Crippen LogP contribution in [0.25, 0.3) is 16.8 Å². The molecule has 6 rings (SSSR count). The van der Waals surface area contributed by atoms with Gasteiger partial charge in [-0.05, 0) is 64.2 Å². The molecule has 11 nitrogen and oxygen atoms in total. The van der Waals surface area contributed by atoms with E-state index >= 15 is 0 Å². The number of aliphatic carboxylic acids is 1. The van der Waals surface area contributed by atoms with Crippen molar-refractivity contribution in [2.75, 3.05) is 39.6 Å². The van der Waals surface area contributed by atoms with Crippen LogP contribution in [0.4, 0.5) is 10.2 Å². The van der Waals surface area contributed by atoms with Crippen molar-refractivity contribution in [1.29, 1.82) is 0 Å². The lowest BCUT2D eigenvalue weighted by atomic mass is 10.00. The quantitative estimate of drug-likeness (QED) is 0.209. The molecule has 1 fully saturated rings. The number of hydrogen-bond acceptors (Lipinski definition) is 9. The molecular weight excluding hydrogens is 591 g/mol. The number of nitrogens with zero attached hydrogens (tertiary/aromatic N) is 5. The Balaban J connectivity index is 0.000000537. The molecule has 1 aliphatic rings. The number of hydrogen-bond donors (Lipinski definition) is 2. The minimum Gasteiger partial charge on any atom is -0.489 e. The molecule has 0 bridgehead atoms. The number of carboxylic acids is 1. The maximum atomic E-state index is 14.3. The molecule has 4 heterocycles. The van der Waals surface area contributed by atoms with Crippen molar-refractivity contribution in [2.24, 2.45) is 0 Å². The topological polar surface area (TPSA) is 137 Å². The van der Waals surface area contributed by atoms with E-state index in [2.05, 4.69) is 9.97 Å². The van der Waals surface area contributed by atoms with E-state index in [-0.39, 0.29) is 19.1 Å². The van der Waals surface area contributed by atoms with Crippen LogP contribution in [-0.4, -0.2) is 69.2 Å². The Kier molecular flexibility index (Phi) is 10.4. The van der Waals surface area contributed by atoms with Crippen molar-refractivity contribution in [3.05, 3.63) is 96.1 Å². The number of imidazole rings is 1. The summed E-state index contributed by atoms with van der Waals surface area (Å²) < 4.78 is 33.6. The second-order valence-corrected chi connectivity index (χ2v) is 11.2.